The first-order chi connectivity index (χ1) is 13.6. The summed E-state index contributed by atoms with van der Waals surface area (Å²) in [6, 6.07) is 7.65. The molecule has 1 aliphatic rings. The van der Waals surface area contributed by atoms with Crippen molar-refractivity contribution in [3.05, 3.63) is 57.8 Å². The minimum absolute atomic E-state index is 0.116. The number of rotatable bonds is 4. The zero-order chi connectivity index (χ0) is 21.3. The standard InChI is InChI=1S/C20H21Cl2FN2O3S/c1-12-5-13(2)11-25(10-12)29(27,28)17-3-4-19(23)18(9-17)20(26)24-16-7-14(21)6-15(22)8-16/h3-4,6-9,12-13H,5,10-11H2,1-2H3,(H,24,26). The van der Waals surface area contributed by atoms with Crippen LogP contribution < -0.4 is 5.32 Å². The summed E-state index contributed by atoms with van der Waals surface area (Å²) in [7, 11) is -3.84. The van der Waals surface area contributed by atoms with Crippen LogP contribution in [0.5, 0.6) is 0 Å². The van der Waals surface area contributed by atoms with E-state index >= 15 is 0 Å². The van der Waals surface area contributed by atoms with Crippen LogP contribution in [0.15, 0.2) is 41.3 Å². The van der Waals surface area contributed by atoms with Crippen molar-refractivity contribution in [1.29, 1.82) is 0 Å². The van der Waals surface area contributed by atoms with E-state index in [1.54, 1.807) is 0 Å². The molecular weight excluding hydrogens is 438 g/mol. The second kappa shape index (κ2) is 8.60. The molecule has 2 unspecified atom stereocenters. The summed E-state index contributed by atoms with van der Waals surface area (Å²) in [5, 5.41) is 3.10. The highest BCUT2D eigenvalue weighted by Crippen LogP contribution is 2.28. The first-order valence-corrected chi connectivity index (χ1v) is 11.3. The van der Waals surface area contributed by atoms with E-state index in [1.165, 1.54) is 28.6 Å². The molecule has 0 bridgehead atoms. The number of nitrogens with zero attached hydrogens (tertiary/aromatic N) is 1. The summed E-state index contributed by atoms with van der Waals surface area (Å²) in [5.74, 6) is -1.16. The van der Waals surface area contributed by atoms with Gasteiger partial charge in [-0.25, -0.2) is 12.8 Å². The third-order valence-electron chi connectivity index (χ3n) is 4.78. The zero-order valence-electron chi connectivity index (χ0n) is 16.0. The Labute approximate surface area is 179 Å². The number of sulfonamides is 1. The molecule has 0 saturated carbocycles. The second-order valence-corrected chi connectivity index (χ2v) is 10.3. The van der Waals surface area contributed by atoms with Crippen molar-refractivity contribution in [3.63, 3.8) is 0 Å². The number of benzene rings is 2. The van der Waals surface area contributed by atoms with Gasteiger partial charge >= 0.3 is 0 Å². The maximum Gasteiger partial charge on any atom is 0.258 e. The highest BCUT2D eigenvalue weighted by Gasteiger charge is 2.32. The molecule has 3 rings (SSSR count). The van der Waals surface area contributed by atoms with Crippen LogP contribution in [-0.4, -0.2) is 31.7 Å². The fourth-order valence-corrected chi connectivity index (χ4v) is 5.85. The lowest BCUT2D eigenvalue weighted by Gasteiger charge is -2.34. The van der Waals surface area contributed by atoms with Gasteiger partial charge in [-0.05, 0) is 54.7 Å². The minimum Gasteiger partial charge on any atom is -0.322 e. The molecule has 1 aliphatic heterocycles. The Hall–Kier alpha value is -1.67. The quantitative estimate of drug-likeness (QED) is 0.696. The molecule has 2 atom stereocenters. The van der Waals surface area contributed by atoms with Crippen molar-refractivity contribution in [2.24, 2.45) is 11.8 Å². The highest BCUT2D eigenvalue weighted by molar-refractivity contribution is 7.89. The first-order valence-electron chi connectivity index (χ1n) is 9.13. The number of carbonyl (C=O) groups excluding carboxylic acids is 1. The number of hydrogen-bond donors (Lipinski definition) is 1. The maximum atomic E-state index is 14.3. The van der Waals surface area contributed by atoms with Crippen molar-refractivity contribution in [2.75, 3.05) is 18.4 Å². The molecule has 0 radical (unpaired) electrons. The number of anilines is 1. The summed E-state index contributed by atoms with van der Waals surface area (Å²) >= 11 is 11.8. The molecule has 1 heterocycles. The number of hydrogen-bond acceptors (Lipinski definition) is 3. The average Bonchev–Trinajstić information content (AvgIpc) is 2.60. The number of amides is 1. The summed E-state index contributed by atoms with van der Waals surface area (Å²) < 4.78 is 41.8. The SMILES string of the molecule is CC1CC(C)CN(S(=O)(=O)c2ccc(F)c(C(=O)Nc3cc(Cl)cc(Cl)c3)c2)C1. The van der Waals surface area contributed by atoms with Crippen LogP contribution in [0.4, 0.5) is 10.1 Å². The van der Waals surface area contributed by atoms with Gasteiger partial charge in [-0.15, -0.1) is 0 Å². The molecule has 29 heavy (non-hydrogen) atoms. The minimum atomic E-state index is -3.84. The molecule has 1 saturated heterocycles. The van der Waals surface area contributed by atoms with Gasteiger partial charge in [0.1, 0.15) is 5.82 Å². The maximum absolute atomic E-state index is 14.3. The molecular formula is C20H21Cl2FN2O3S. The molecule has 1 fully saturated rings. The van der Waals surface area contributed by atoms with Gasteiger partial charge in [0.25, 0.3) is 5.91 Å². The van der Waals surface area contributed by atoms with Crippen molar-refractivity contribution >= 4 is 44.8 Å². The molecule has 2 aromatic carbocycles. The molecule has 1 N–H and O–H groups in total. The topological polar surface area (TPSA) is 66.5 Å². The van der Waals surface area contributed by atoms with Gasteiger partial charge in [0.2, 0.25) is 10.0 Å². The number of carbonyl (C=O) groups is 1. The van der Waals surface area contributed by atoms with E-state index in [-0.39, 0.29) is 28.0 Å². The van der Waals surface area contributed by atoms with Crippen LogP contribution in [-0.2, 0) is 10.0 Å². The van der Waals surface area contributed by atoms with E-state index < -0.39 is 21.7 Å². The van der Waals surface area contributed by atoms with E-state index in [9.17, 15) is 17.6 Å². The van der Waals surface area contributed by atoms with Gasteiger partial charge in [-0.1, -0.05) is 37.0 Å². The van der Waals surface area contributed by atoms with Gasteiger partial charge in [-0.2, -0.15) is 4.31 Å². The lowest BCUT2D eigenvalue weighted by atomic mass is 9.94. The Balaban J connectivity index is 1.90. The second-order valence-electron chi connectivity index (χ2n) is 7.52. The Kier molecular flexibility index (Phi) is 6.53. The largest absolute Gasteiger partial charge is 0.322 e. The lowest BCUT2D eigenvalue weighted by molar-refractivity contribution is 0.102. The molecule has 2 aromatic rings. The molecule has 0 aliphatic carbocycles. The van der Waals surface area contributed by atoms with Crippen LogP contribution in [0.1, 0.15) is 30.6 Å². The summed E-state index contributed by atoms with van der Waals surface area (Å²) in [6.45, 7) is 4.79. The Bertz CT molecular complexity index is 1020. The Morgan fingerprint density at radius 3 is 2.24 bits per heavy atom. The number of halogens is 3. The molecule has 0 spiro atoms. The van der Waals surface area contributed by atoms with Gasteiger partial charge in [-0.3, -0.25) is 4.79 Å². The van der Waals surface area contributed by atoms with Gasteiger partial charge in [0.15, 0.2) is 0 Å². The van der Waals surface area contributed by atoms with Crippen molar-refractivity contribution in [2.45, 2.75) is 25.2 Å². The van der Waals surface area contributed by atoms with Crippen LogP contribution in [0.3, 0.4) is 0 Å². The number of nitrogens with one attached hydrogen (secondary N) is 1. The Morgan fingerprint density at radius 2 is 1.66 bits per heavy atom. The molecule has 156 valence electrons. The van der Waals surface area contributed by atoms with Gasteiger partial charge < -0.3 is 5.32 Å². The van der Waals surface area contributed by atoms with Crippen LogP contribution in [0.25, 0.3) is 0 Å². The summed E-state index contributed by atoms with van der Waals surface area (Å²) in [6.07, 6.45) is 0.950. The number of piperidine rings is 1. The molecule has 9 heteroatoms. The van der Waals surface area contributed by atoms with Crippen LogP contribution >= 0.6 is 23.2 Å². The van der Waals surface area contributed by atoms with Crippen LogP contribution in [0.2, 0.25) is 10.0 Å². The molecule has 0 aromatic heterocycles. The van der Waals surface area contributed by atoms with Gasteiger partial charge in [0, 0.05) is 28.8 Å². The third kappa shape index (κ3) is 5.09. The van der Waals surface area contributed by atoms with E-state index in [0.717, 1.165) is 18.6 Å². The summed E-state index contributed by atoms with van der Waals surface area (Å²) in [4.78, 5) is 12.5. The predicted molar refractivity (Wildman–Crippen MR) is 113 cm³/mol. The van der Waals surface area contributed by atoms with E-state index in [0.29, 0.717) is 23.1 Å². The smallest absolute Gasteiger partial charge is 0.258 e. The molecule has 5 nitrogen and oxygen atoms in total. The zero-order valence-corrected chi connectivity index (χ0v) is 18.3. The summed E-state index contributed by atoms with van der Waals surface area (Å²) in [5.41, 5.74) is -0.0980. The van der Waals surface area contributed by atoms with Crippen molar-refractivity contribution < 1.29 is 17.6 Å². The van der Waals surface area contributed by atoms with E-state index in [2.05, 4.69) is 5.32 Å². The monoisotopic (exact) mass is 458 g/mol. The fraction of sp³-hybridized carbons (Fsp3) is 0.350. The van der Waals surface area contributed by atoms with Crippen molar-refractivity contribution in [3.8, 4) is 0 Å². The Morgan fingerprint density at radius 1 is 1.07 bits per heavy atom. The van der Waals surface area contributed by atoms with E-state index in [4.69, 9.17) is 23.2 Å². The third-order valence-corrected chi connectivity index (χ3v) is 7.04. The average molecular weight is 459 g/mol. The van der Waals surface area contributed by atoms with E-state index in [1.807, 2.05) is 13.8 Å². The fourth-order valence-electron chi connectivity index (χ4n) is 3.61. The van der Waals surface area contributed by atoms with Gasteiger partial charge in [0.05, 0.1) is 10.5 Å². The normalized spacial score (nSPS) is 20.4. The van der Waals surface area contributed by atoms with Crippen molar-refractivity contribution in [1.82, 2.24) is 4.31 Å². The predicted octanol–water partition coefficient (Wildman–Crippen LogP) is 5.05. The lowest BCUT2D eigenvalue weighted by Crippen LogP contribution is -2.42. The first kappa shape index (κ1) is 22.0. The highest BCUT2D eigenvalue weighted by atomic mass is 35.5. The van der Waals surface area contributed by atoms with Crippen LogP contribution in [0, 0.1) is 17.7 Å². The molecule has 1 amide bonds.